The lowest BCUT2D eigenvalue weighted by molar-refractivity contribution is 0.463. The predicted octanol–water partition coefficient (Wildman–Crippen LogP) is 3.03. The third-order valence-electron chi connectivity index (χ3n) is 3.55. The molecule has 0 bridgehead atoms. The summed E-state index contributed by atoms with van der Waals surface area (Å²) in [5.41, 5.74) is 0.852. The van der Waals surface area contributed by atoms with Crippen LogP contribution in [-0.2, 0) is 0 Å². The Morgan fingerprint density at radius 2 is 2.12 bits per heavy atom. The van der Waals surface area contributed by atoms with E-state index in [1.54, 1.807) is 4.57 Å². The van der Waals surface area contributed by atoms with Gasteiger partial charge in [-0.15, -0.1) is 0 Å². The molecule has 1 aliphatic rings. The van der Waals surface area contributed by atoms with Crippen molar-refractivity contribution >= 4 is 23.1 Å². The van der Waals surface area contributed by atoms with E-state index in [0.29, 0.717) is 16.1 Å². The molecular weight excluding hydrogens is 232 g/mol. The number of H-pyrrole nitrogens is 1. The van der Waals surface area contributed by atoms with Crippen molar-refractivity contribution in [2.45, 2.75) is 25.8 Å². The Bertz CT molecular complexity index is 682. The first-order valence-electron chi connectivity index (χ1n) is 5.92. The van der Waals surface area contributed by atoms with Gasteiger partial charge in [0.25, 0.3) is 5.56 Å². The first-order chi connectivity index (χ1) is 8.18. The highest BCUT2D eigenvalue weighted by atomic mass is 32.1. The molecule has 1 atom stereocenters. The molecule has 1 fully saturated rings. The highest BCUT2D eigenvalue weighted by Crippen LogP contribution is 2.38. The minimum Gasteiger partial charge on any atom is -0.332 e. The van der Waals surface area contributed by atoms with Crippen LogP contribution in [0.5, 0.6) is 0 Å². The van der Waals surface area contributed by atoms with Crippen molar-refractivity contribution < 1.29 is 0 Å². The zero-order chi connectivity index (χ0) is 12.0. The number of aromatic nitrogens is 2. The molecule has 1 aromatic carbocycles. The molecule has 4 heteroatoms. The van der Waals surface area contributed by atoms with Gasteiger partial charge in [-0.2, -0.15) is 0 Å². The molecule has 2 aromatic rings. The number of aromatic amines is 1. The van der Waals surface area contributed by atoms with Crippen LogP contribution in [0.1, 0.15) is 25.8 Å². The van der Waals surface area contributed by atoms with E-state index < -0.39 is 0 Å². The van der Waals surface area contributed by atoms with Crippen LogP contribution in [0.15, 0.2) is 29.1 Å². The third-order valence-corrected chi connectivity index (χ3v) is 3.85. The topological polar surface area (TPSA) is 37.8 Å². The summed E-state index contributed by atoms with van der Waals surface area (Å²) >= 11 is 5.30. The molecule has 1 unspecified atom stereocenters. The number of hydrogen-bond donors (Lipinski definition) is 1. The molecule has 1 heterocycles. The highest BCUT2D eigenvalue weighted by Gasteiger charge is 2.30. The molecular formula is C13H14N2OS. The summed E-state index contributed by atoms with van der Waals surface area (Å²) in [4.78, 5) is 15.5. The van der Waals surface area contributed by atoms with Crippen molar-refractivity contribution in [3.8, 4) is 0 Å². The van der Waals surface area contributed by atoms with Crippen LogP contribution < -0.4 is 5.56 Å². The maximum Gasteiger partial charge on any atom is 0.262 e. The SMILES string of the molecule is CC(C1CC1)n1c(=S)[nH]c2ccccc2c1=O. The van der Waals surface area contributed by atoms with Gasteiger partial charge in [-0.3, -0.25) is 9.36 Å². The van der Waals surface area contributed by atoms with Crippen LogP contribution in [0.2, 0.25) is 0 Å². The maximum atomic E-state index is 12.4. The molecule has 0 aliphatic heterocycles. The zero-order valence-corrected chi connectivity index (χ0v) is 10.5. The van der Waals surface area contributed by atoms with Gasteiger partial charge in [0.1, 0.15) is 0 Å². The van der Waals surface area contributed by atoms with Gasteiger partial charge in [-0.05, 0) is 50.0 Å². The van der Waals surface area contributed by atoms with E-state index in [1.165, 1.54) is 12.8 Å². The van der Waals surface area contributed by atoms with Gasteiger partial charge < -0.3 is 4.98 Å². The lowest BCUT2D eigenvalue weighted by Gasteiger charge is -2.15. The number of benzene rings is 1. The Labute approximate surface area is 104 Å². The van der Waals surface area contributed by atoms with E-state index in [9.17, 15) is 4.79 Å². The molecule has 3 rings (SSSR count). The van der Waals surface area contributed by atoms with Crippen LogP contribution in [0.3, 0.4) is 0 Å². The fourth-order valence-electron chi connectivity index (χ4n) is 2.34. The summed E-state index contributed by atoms with van der Waals surface area (Å²) in [7, 11) is 0. The first-order valence-corrected chi connectivity index (χ1v) is 6.33. The minimum atomic E-state index is 0.0313. The molecule has 88 valence electrons. The molecule has 0 radical (unpaired) electrons. The molecule has 0 saturated heterocycles. The van der Waals surface area contributed by atoms with Gasteiger partial charge >= 0.3 is 0 Å². The monoisotopic (exact) mass is 246 g/mol. The first kappa shape index (κ1) is 10.7. The Morgan fingerprint density at radius 1 is 1.41 bits per heavy atom. The van der Waals surface area contributed by atoms with Gasteiger partial charge in [0, 0.05) is 6.04 Å². The summed E-state index contributed by atoms with van der Waals surface area (Å²) in [6, 6.07) is 7.72. The van der Waals surface area contributed by atoms with Crippen molar-refractivity contribution in [1.29, 1.82) is 0 Å². The molecule has 1 aromatic heterocycles. The lowest BCUT2D eigenvalue weighted by atomic mass is 10.2. The molecule has 3 nitrogen and oxygen atoms in total. The maximum absolute atomic E-state index is 12.4. The summed E-state index contributed by atoms with van der Waals surface area (Å²) in [6.07, 6.45) is 2.41. The van der Waals surface area contributed by atoms with Gasteiger partial charge in [0.05, 0.1) is 10.9 Å². The highest BCUT2D eigenvalue weighted by molar-refractivity contribution is 7.71. The van der Waals surface area contributed by atoms with E-state index in [2.05, 4.69) is 11.9 Å². The third kappa shape index (κ3) is 1.72. The van der Waals surface area contributed by atoms with Crippen molar-refractivity contribution in [3.63, 3.8) is 0 Å². The second kappa shape index (κ2) is 3.81. The van der Waals surface area contributed by atoms with Gasteiger partial charge in [-0.25, -0.2) is 0 Å². The normalized spacial score (nSPS) is 17.2. The quantitative estimate of drug-likeness (QED) is 0.827. The second-order valence-electron chi connectivity index (χ2n) is 4.73. The largest absolute Gasteiger partial charge is 0.332 e. The van der Waals surface area contributed by atoms with Crippen LogP contribution in [0.4, 0.5) is 0 Å². The van der Waals surface area contributed by atoms with Gasteiger partial charge in [-0.1, -0.05) is 12.1 Å². The van der Waals surface area contributed by atoms with Crippen LogP contribution in [-0.4, -0.2) is 9.55 Å². The predicted molar refractivity (Wildman–Crippen MR) is 70.8 cm³/mol. The lowest BCUT2D eigenvalue weighted by Crippen LogP contribution is -2.26. The van der Waals surface area contributed by atoms with Crippen molar-refractivity contribution in [1.82, 2.24) is 9.55 Å². The Hall–Kier alpha value is -1.42. The summed E-state index contributed by atoms with van der Waals surface area (Å²) in [6.45, 7) is 2.08. The van der Waals surface area contributed by atoms with E-state index in [0.717, 1.165) is 5.52 Å². The molecule has 0 spiro atoms. The fourth-order valence-corrected chi connectivity index (χ4v) is 2.69. The Balaban J connectivity index is 2.31. The van der Waals surface area contributed by atoms with Crippen LogP contribution in [0, 0.1) is 10.7 Å². The van der Waals surface area contributed by atoms with Crippen LogP contribution >= 0.6 is 12.2 Å². The average Bonchev–Trinajstić information content (AvgIpc) is 3.12. The Morgan fingerprint density at radius 3 is 2.82 bits per heavy atom. The van der Waals surface area contributed by atoms with Crippen molar-refractivity contribution in [2.75, 3.05) is 0 Å². The van der Waals surface area contributed by atoms with E-state index in [-0.39, 0.29) is 11.6 Å². The number of nitrogens with one attached hydrogen (secondary N) is 1. The number of fused-ring (bicyclic) bond motifs is 1. The zero-order valence-electron chi connectivity index (χ0n) is 9.64. The van der Waals surface area contributed by atoms with Crippen LogP contribution in [0.25, 0.3) is 10.9 Å². The smallest absolute Gasteiger partial charge is 0.262 e. The molecule has 0 amide bonds. The molecule has 1 N–H and O–H groups in total. The second-order valence-corrected chi connectivity index (χ2v) is 5.12. The van der Waals surface area contributed by atoms with Crippen molar-refractivity contribution in [3.05, 3.63) is 39.4 Å². The number of rotatable bonds is 2. The minimum absolute atomic E-state index is 0.0313. The summed E-state index contributed by atoms with van der Waals surface area (Å²) < 4.78 is 2.27. The average molecular weight is 246 g/mol. The van der Waals surface area contributed by atoms with E-state index in [4.69, 9.17) is 12.2 Å². The van der Waals surface area contributed by atoms with Crippen molar-refractivity contribution in [2.24, 2.45) is 5.92 Å². The summed E-state index contributed by atoms with van der Waals surface area (Å²) in [5, 5.41) is 0.716. The van der Waals surface area contributed by atoms with E-state index in [1.807, 2.05) is 24.3 Å². The molecule has 1 aliphatic carbocycles. The summed E-state index contributed by atoms with van der Waals surface area (Å²) in [5.74, 6) is 0.615. The number of para-hydroxylation sites is 1. The number of hydrogen-bond acceptors (Lipinski definition) is 2. The van der Waals surface area contributed by atoms with Gasteiger partial charge in [0.15, 0.2) is 4.77 Å². The Kier molecular flexibility index (Phi) is 2.40. The fraction of sp³-hybridized carbons (Fsp3) is 0.385. The molecule has 17 heavy (non-hydrogen) atoms. The van der Waals surface area contributed by atoms with E-state index >= 15 is 0 Å². The number of nitrogens with zero attached hydrogens (tertiary/aromatic N) is 1. The van der Waals surface area contributed by atoms with Gasteiger partial charge in [0.2, 0.25) is 0 Å². The standard InChI is InChI=1S/C13H14N2OS/c1-8(9-6-7-9)15-12(16)10-4-2-3-5-11(10)14-13(15)17/h2-5,8-9H,6-7H2,1H3,(H,14,17). The molecule has 1 saturated carbocycles.